The van der Waals surface area contributed by atoms with Crippen LogP contribution in [0.25, 0.3) is 11.3 Å². The maximum Gasteiger partial charge on any atom is 0.169 e. The Balaban J connectivity index is 2.36. The minimum Gasteiger partial charge on any atom is -0.393 e. The van der Waals surface area contributed by atoms with Gasteiger partial charge >= 0.3 is 0 Å². The van der Waals surface area contributed by atoms with E-state index < -0.39 is 6.10 Å². The summed E-state index contributed by atoms with van der Waals surface area (Å²) in [6.07, 6.45) is -0.889. The monoisotopic (exact) mass is 220 g/mol. The van der Waals surface area contributed by atoms with E-state index in [4.69, 9.17) is 15.4 Å². The number of benzene rings is 1. The van der Waals surface area contributed by atoms with E-state index in [9.17, 15) is 5.11 Å². The molecular formula is C11H12N2O3. The quantitative estimate of drug-likeness (QED) is 0.716. The first-order chi connectivity index (χ1) is 7.70. The van der Waals surface area contributed by atoms with Gasteiger partial charge in [-0.1, -0.05) is 23.4 Å². The van der Waals surface area contributed by atoms with Crippen LogP contribution in [0.1, 0.15) is 11.7 Å². The summed E-state index contributed by atoms with van der Waals surface area (Å²) >= 11 is 0. The second kappa shape index (κ2) is 4.34. The summed E-state index contributed by atoms with van der Waals surface area (Å²) in [7, 11) is 0. The van der Waals surface area contributed by atoms with E-state index in [1.165, 1.54) is 0 Å². The van der Waals surface area contributed by atoms with Crippen molar-refractivity contribution in [1.82, 2.24) is 5.16 Å². The van der Waals surface area contributed by atoms with Crippen molar-refractivity contribution in [2.45, 2.75) is 6.10 Å². The molecule has 1 heterocycles. The molecule has 0 saturated carbocycles. The molecule has 4 N–H and O–H groups in total. The first-order valence-corrected chi connectivity index (χ1v) is 4.82. The van der Waals surface area contributed by atoms with Crippen LogP contribution in [0.4, 0.5) is 5.82 Å². The van der Waals surface area contributed by atoms with Crippen molar-refractivity contribution >= 4 is 5.82 Å². The van der Waals surface area contributed by atoms with Crippen molar-refractivity contribution in [2.24, 2.45) is 0 Å². The van der Waals surface area contributed by atoms with Gasteiger partial charge < -0.3 is 20.5 Å². The van der Waals surface area contributed by atoms with Crippen LogP contribution in [0, 0.1) is 0 Å². The highest BCUT2D eigenvalue weighted by Gasteiger charge is 2.09. The second-order valence-electron chi connectivity index (χ2n) is 3.44. The molecular weight excluding hydrogens is 208 g/mol. The molecule has 0 bridgehead atoms. The first-order valence-electron chi connectivity index (χ1n) is 4.82. The summed E-state index contributed by atoms with van der Waals surface area (Å²) in [4.78, 5) is 0. The fraction of sp³-hybridized carbons (Fsp3) is 0.182. The number of hydrogen-bond acceptors (Lipinski definition) is 5. The van der Waals surface area contributed by atoms with E-state index in [1.54, 1.807) is 24.3 Å². The van der Waals surface area contributed by atoms with Crippen molar-refractivity contribution in [3.8, 4) is 11.3 Å². The Kier molecular flexibility index (Phi) is 2.89. The number of hydrogen-bond donors (Lipinski definition) is 3. The molecule has 0 fully saturated rings. The van der Waals surface area contributed by atoms with E-state index in [0.717, 1.165) is 5.56 Å². The summed E-state index contributed by atoms with van der Waals surface area (Å²) in [6, 6.07) is 8.63. The third-order valence-corrected chi connectivity index (χ3v) is 2.26. The van der Waals surface area contributed by atoms with Crippen molar-refractivity contribution in [1.29, 1.82) is 0 Å². The van der Waals surface area contributed by atoms with Gasteiger partial charge in [0.05, 0.1) is 6.61 Å². The van der Waals surface area contributed by atoms with Crippen LogP contribution in [0.5, 0.6) is 0 Å². The third kappa shape index (κ3) is 2.05. The van der Waals surface area contributed by atoms with Crippen molar-refractivity contribution < 1.29 is 14.7 Å². The van der Waals surface area contributed by atoms with Gasteiger partial charge in [0.15, 0.2) is 11.6 Å². The van der Waals surface area contributed by atoms with Gasteiger partial charge in [0.2, 0.25) is 0 Å². The number of anilines is 1. The van der Waals surface area contributed by atoms with E-state index >= 15 is 0 Å². The van der Waals surface area contributed by atoms with Crippen LogP contribution in [0.2, 0.25) is 0 Å². The molecule has 1 aromatic carbocycles. The minimum atomic E-state index is -0.889. The van der Waals surface area contributed by atoms with Crippen molar-refractivity contribution in [2.75, 3.05) is 12.3 Å². The fourth-order valence-electron chi connectivity index (χ4n) is 1.43. The second-order valence-corrected chi connectivity index (χ2v) is 3.44. The van der Waals surface area contributed by atoms with Crippen molar-refractivity contribution in [3.63, 3.8) is 0 Å². The molecule has 5 heteroatoms. The van der Waals surface area contributed by atoms with Gasteiger partial charge in [-0.3, -0.25) is 0 Å². The summed E-state index contributed by atoms with van der Waals surface area (Å²) in [6.45, 7) is -0.317. The van der Waals surface area contributed by atoms with Gasteiger partial charge in [0.25, 0.3) is 0 Å². The number of rotatable bonds is 3. The third-order valence-electron chi connectivity index (χ3n) is 2.26. The van der Waals surface area contributed by atoms with Crippen LogP contribution in [-0.4, -0.2) is 22.0 Å². The predicted octanol–water partition coefficient (Wildman–Crippen LogP) is 0.950. The van der Waals surface area contributed by atoms with E-state index in [2.05, 4.69) is 5.16 Å². The zero-order valence-corrected chi connectivity index (χ0v) is 8.50. The molecule has 2 rings (SSSR count). The highest BCUT2D eigenvalue weighted by atomic mass is 16.5. The zero-order chi connectivity index (χ0) is 11.5. The zero-order valence-electron chi connectivity index (χ0n) is 8.50. The highest BCUT2D eigenvalue weighted by Crippen LogP contribution is 2.24. The van der Waals surface area contributed by atoms with Crippen LogP contribution in [-0.2, 0) is 0 Å². The lowest BCUT2D eigenvalue weighted by molar-refractivity contribution is 0.0956. The Morgan fingerprint density at radius 1 is 1.38 bits per heavy atom. The fourth-order valence-corrected chi connectivity index (χ4v) is 1.43. The largest absolute Gasteiger partial charge is 0.393 e. The number of nitrogens with zero attached hydrogens (tertiary/aromatic N) is 1. The molecule has 1 unspecified atom stereocenters. The molecule has 0 spiro atoms. The van der Waals surface area contributed by atoms with E-state index in [-0.39, 0.29) is 6.61 Å². The van der Waals surface area contributed by atoms with Gasteiger partial charge in [-0.25, -0.2) is 0 Å². The molecule has 2 aromatic rings. The lowest BCUT2D eigenvalue weighted by Gasteiger charge is -2.07. The highest BCUT2D eigenvalue weighted by molar-refractivity contribution is 5.60. The van der Waals surface area contributed by atoms with Crippen LogP contribution < -0.4 is 5.73 Å². The molecule has 0 amide bonds. The lowest BCUT2D eigenvalue weighted by atomic mass is 10.1. The van der Waals surface area contributed by atoms with Gasteiger partial charge in [0.1, 0.15) is 6.10 Å². The topological polar surface area (TPSA) is 92.5 Å². The Labute approximate surface area is 92.1 Å². The normalized spacial score (nSPS) is 12.6. The smallest absolute Gasteiger partial charge is 0.169 e. The molecule has 0 aliphatic carbocycles. The Morgan fingerprint density at radius 3 is 2.81 bits per heavy atom. The molecule has 16 heavy (non-hydrogen) atoms. The van der Waals surface area contributed by atoms with Gasteiger partial charge in [-0.05, 0) is 11.6 Å². The summed E-state index contributed by atoms with van der Waals surface area (Å²) in [5.41, 5.74) is 6.82. The summed E-state index contributed by atoms with van der Waals surface area (Å²) in [5.74, 6) is 0.840. The number of aromatic nitrogens is 1. The number of aliphatic hydroxyl groups is 2. The molecule has 0 saturated heterocycles. The molecule has 1 atom stereocenters. The Morgan fingerprint density at radius 2 is 2.19 bits per heavy atom. The van der Waals surface area contributed by atoms with E-state index in [0.29, 0.717) is 17.1 Å². The van der Waals surface area contributed by atoms with E-state index in [1.807, 2.05) is 6.07 Å². The van der Waals surface area contributed by atoms with Crippen LogP contribution in [0.15, 0.2) is 34.9 Å². The first kappa shape index (κ1) is 10.7. The lowest BCUT2D eigenvalue weighted by Crippen LogP contribution is -2.01. The van der Waals surface area contributed by atoms with Crippen LogP contribution in [0.3, 0.4) is 0 Å². The average molecular weight is 220 g/mol. The molecule has 0 aliphatic rings. The maximum atomic E-state index is 9.48. The molecule has 0 radical (unpaired) electrons. The maximum absolute atomic E-state index is 9.48. The summed E-state index contributed by atoms with van der Waals surface area (Å²) in [5, 5.41) is 21.9. The Bertz CT molecular complexity index is 482. The number of nitrogen functional groups attached to an aromatic ring is 1. The predicted molar refractivity (Wildman–Crippen MR) is 58.4 cm³/mol. The molecule has 0 aliphatic heterocycles. The van der Waals surface area contributed by atoms with Gasteiger partial charge in [-0.15, -0.1) is 0 Å². The minimum absolute atomic E-state index is 0.308. The SMILES string of the molecule is Nc1cc(-c2cccc(C(O)CO)c2)on1. The number of nitrogens with two attached hydrogens (primary N) is 1. The number of aliphatic hydroxyl groups excluding tert-OH is 2. The van der Waals surface area contributed by atoms with Crippen LogP contribution >= 0.6 is 0 Å². The van der Waals surface area contributed by atoms with Gasteiger partial charge in [0, 0.05) is 11.6 Å². The Hall–Kier alpha value is -1.85. The average Bonchev–Trinajstić information content (AvgIpc) is 2.75. The molecule has 84 valence electrons. The molecule has 1 aromatic heterocycles. The van der Waals surface area contributed by atoms with Crippen molar-refractivity contribution in [3.05, 3.63) is 35.9 Å². The van der Waals surface area contributed by atoms with Gasteiger partial charge in [-0.2, -0.15) is 0 Å². The summed E-state index contributed by atoms with van der Waals surface area (Å²) < 4.78 is 5.00. The molecule has 5 nitrogen and oxygen atoms in total. The standard InChI is InChI=1S/C11H12N2O3/c12-11-5-10(16-13-11)8-3-1-2-7(4-8)9(15)6-14/h1-5,9,14-15H,6H2,(H2,12,13).